The van der Waals surface area contributed by atoms with Crippen molar-refractivity contribution in [3.63, 3.8) is 0 Å². The Kier molecular flexibility index (Phi) is 5.67. The average Bonchev–Trinajstić information content (AvgIpc) is 3.21. The summed E-state index contributed by atoms with van der Waals surface area (Å²) in [6.45, 7) is 2.22. The predicted octanol–water partition coefficient (Wildman–Crippen LogP) is 2.59. The number of ketones is 1. The van der Waals surface area contributed by atoms with Gasteiger partial charge in [-0.1, -0.05) is 6.42 Å². The van der Waals surface area contributed by atoms with Gasteiger partial charge in [0, 0.05) is 24.7 Å². The zero-order valence-electron chi connectivity index (χ0n) is 16.8. The first kappa shape index (κ1) is 21.6. The summed E-state index contributed by atoms with van der Waals surface area (Å²) in [4.78, 5) is 11.9. The van der Waals surface area contributed by atoms with Crippen LogP contribution in [-0.4, -0.2) is 46.8 Å². The van der Waals surface area contributed by atoms with Gasteiger partial charge in [0.1, 0.15) is 0 Å². The van der Waals surface area contributed by atoms with Gasteiger partial charge in [-0.15, -0.1) is 0 Å². The number of hydrogen-bond donors (Lipinski definition) is 1. The van der Waals surface area contributed by atoms with E-state index in [1.54, 1.807) is 0 Å². The van der Waals surface area contributed by atoms with Gasteiger partial charge in [-0.2, -0.15) is 4.31 Å². The number of anilines is 1. The molecular formula is C20H22N2O7S2. The maximum atomic E-state index is 12.9. The number of nitrogens with one attached hydrogen (secondary N) is 1. The maximum absolute atomic E-state index is 12.9. The van der Waals surface area contributed by atoms with Gasteiger partial charge in [-0.25, -0.2) is 16.8 Å². The molecule has 2 aromatic carbocycles. The van der Waals surface area contributed by atoms with E-state index in [-0.39, 0.29) is 33.6 Å². The molecule has 0 bridgehead atoms. The number of Topliss-reactive ketones (excluding diaryl/α,β-unsaturated/α-hetero) is 1. The van der Waals surface area contributed by atoms with Crippen LogP contribution < -0.4 is 14.2 Å². The zero-order chi connectivity index (χ0) is 22.2. The van der Waals surface area contributed by atoms with E-state index in [9.17, 15) is 21.6 Å². The van der Waals surface area contributed by atoms with Crippen LogP contribution in [-0.2, 0) is 20.0 Å². The van der Waals surface area contributed by atoms with Gasteiger partial charge >= 0.3 is 0 Å². The smallest absolute Gasteiger partial charge is 0.261 e. The van der Waals surface area contributed by atoms with Crippen LogP contribution in [0.1, 0.15) is 36.5 Å². The molecule has 2 aliphatic rings. The summed E-state index contributed by atoms with van der Waals surface area (Å²) in [5.41, 5.74) is 0.193. The number of rotatable bonds is 6. The van der Waals surface area contributed by atoms with Gasteiger partial charge in [0.05, 0.1) is 15.5 Å². The molecule has 0 spiro atoms. The molecule has 0 amide bonds. The van der Waals surface area contributed by atoms with Crippen molar-refractivity contribution >= 4 is 31.5 Å². The number of fused-ring (bicyclic) bond motifs is 1. The van der Waals surface area contributed by atoms with Gasteiger partial charge < -0.3 is 9.47 Å². The van der Waals surface area contributed by atoms with Gasteiger partial charge in [-0.05, 0) is 50.1 Å². The average molecular weight is 467 g/mol. The van der Waals surface area contributed by atoms with Gasteiger partial charge in [0.2, 0.25) is 16.8 Å². The fourth-order valence-corrected chi connectivity index (χ4v) is 6.15. The lowest BCUT2D eigenvalue weighted by molar-refractivity contribution is 0.101. The molecule has 2 aliphatic heterocycles. The molecule has 4 rings (SSSR count). The molecule has 0 aliphatic carbocycles. The molecular weight excluding hydrogens is 444 g/mol. The summed E-state index contributed by atoms with van der Waals surface area (Å²) >= 11 is 0. The monoisotopic (exact) mass is 466 g/mol. The van der Waals surface area contributed by atoms with E-state index in [4.69, 9.17) is 9.47 Å². The van der Waals surface area contributed by atoms with Crippen molar-refractivity contribution in [2.24, 2.45) is 0 Å². The molecule has 2 heterocycles. The Labute approximate surface area is 181 Å². The van der Waals surface area contributed by atoms with Crippen LogP contribution in [0.5, 0.6) is 11.5 Å². The summed E-state index contributed by atoms with van der Waals surface area (Å²) in [6.07, 6.45) is 2.62. The SMILES string of the molecule is CC(=O)c1cc2c(cc1NS(=O)(=O)c1ccc(S(=O)(=O)N3CCCCC3)cc1)OCO2. The lowest BCUT2D eigenvalue weighted by Crippen LogP contribution is -2.35. The van der Waals surface area contributed by atoms with Crippen molar-refractivity contribution in [2.45, 2.75) is 36.0 Å². The second-order valence-electron chi connectivity index (χ2n) is 7.35. The van der Waals surface area contributed by atoms with Crippen LogP contribution in [0.2, 0.25) is 0 Å². The number of sulfonamides is 2. The van der Waals surface area contributed by atoms with Crippen LogP contribution in [0.4, 0.5) is 5.69 Å². The highest BCUT2D eigenvalue weighted by atomic mass is 32.2. The fourth-order valence-electron chi connectivity index (χ4n) is 3.57. The number of piperidine rings is 1. The van der Waals surface area contributed by atoms with E-state index in [0.29, 0.717) is 24.6 Å². The Morgan fingerprint density at radius 2 is 1.48 bits per heavy atom. The first-order valence-electron chi connectivity index (χ1n) is 9.76. The summed E-state index contributed by atoms with van der Waals surface area (Å²) < 4.78 is 65.6. The molecule has 2 aromatic rings. The van der Waals surface area contributed by atoms with Crippen molar-refractivity contribution in [1.29, 1.82) is 0 Å². The lowest BCUT2D eigenvalue weighted by Gasteiger charge is -2.25. The largest absolute Gasteiger partial charge is 0.454 e. The highest BCUT2D eigenvalue weighted by Gasteiger charge is 2.27. The molecule has 0 radical (unpaired) electrons. The molecule has 1 fully saturated rings. The predicted molar refractivity (Wildman–Crippen MR) is 112 cm³/mol. The maximum Gasteiger partial charge on any atom is 0.261 e. The normalized spacial score (nSPS) is 16.8. The third kappa shape index (κ3) is 4.25. The molecule has 9 nitrogen and oxygen atoms in total. The minimum Gasteiger partial charge on any atom is -0.454 e. The zero-order valence-corrected chi connectivity index (χ0v) is 18.5. The van der Waals surface area contributed by atoms with E-state index in [1.165, 1.54) is 47.6 Å². The van der Waals surface area contributed by atoms with Crippen LogP contribution in [0, 0.1) is 0 Å². The molecule has 1 saturated heterocycles. The summed E-state index contributed by atoms with van der Waals surface area (Å²) in [5.74, 6) is 0.338. The van der Waals surface area contributed by atoms with E-state index >= 15 is 0 Å². The number of carbonyl (C=O) groups excluding carboxylic acids is 1. The van der Waals surface area contributed by atoms with Crippen molar-refractivity contribution < 1.29 is 31.1 Å². The number of carbonyl (C=O) groups is 1. The molecule has 0 atom stereocenters. The highest BCUT2D eigenvalue weighted by molar-refractivity contribution is 7.92. The Hall–Kier alpha value is -2.63. The van der Waals surface area contributed by atoms with E-state index in [0.717, 1.165) is 19.3 Å². The van der Waals surface area contributed by atoms with Crippen molar-refractivity contribution in [2.75, 3.05) is 24.6 Å². The summed E-state index contributed by atoms with van der Waals surface area (Å²) in [6, 6.07) is 7.86. The van der Waals surface area contributed by atoms with Gasteiger partial charge in [0.25, 0.3) is 10.0 Å². The van der Waals surface area contributed by atoms with Gasteiger partial charge in [-0.3, -0.25) is 9.52 Å². The topological polar surface area (TPSA) is 119 Å². The first-order chi connectivity index (χ1) is 14.7. The van der Waals surface area contributed by atoms with Crippen molar-refractivity contribution in [3.8, 4) is 11.5 Å². The minimum absolute atomic E-state index is 0.0180. The van der Waals surface area contributed by atoms with Gasteiger partial charge in [0.15, 0.2) is 17.3 Å². The lowest BCUT2D eigenvalue weighted by atomic mass is 10.1. The summed E-state index contributed by atoms with van der Waals surface area (Å²) in [7, 11) is -7.75. The van der Waals surface area contributed by atoms with E-state index in [1.807, 2.05) is 0 Å². The second kappa shape index (κ2) is 8.13. The molecule has 0 aromatic heterocycles. The highest BCUT2D eigenvalue weighted by Crippen LogP contribution is 2.38. The molecule has 31 heavy (non-hydrogen) atoms. The molecule has 0 unspecified atom stereocenters. The minimum atomic E-state index is -4.08. The van der Waals surface area contributed by atoms with Crippen molar-refractivity contribution in [3.05, 3.63) is 42.0 Å². The second-order valence-corrected chi connectivity index (χ2v) is 11.0. The fraction of sp³-hybridized carbons (Fsp3) is 0.350. The third-order valence-electron chi connectivity index (χ3n) is 5.22. The third-order valence-corrected chi connectivity index (χ3v) is 8.52. The standard InChI is InChI=1S/C20H22N2O7S2/c1-14(23)17-11-19-20(29-13-28-19)12-18(17)21-30(24,25)15-5-7-16(8-6-15)31(26,27)22-9-3-2-4-10-22/h5-8,11-12,21H,2-4,9-10,13H2,1H3. The van der Waals surface area contributed by atoms with Crippen LogP contribution >= 0.6 is 0 Å². The molecule has 1 N–H and O–H groups in total. The molecule has 166 valence electrons. The Morgan fingerprint density at radius 3 is 2.10 bits per heavy atom. The Bertz CT molecular complexity index is 1220. The number of ether oxygens (including phenoxy) is 2. The quantitative estimate of drug-likeness (QED) is 0.650. The Balaban J connectivity index is 1.61. The Morgan fingerprint density at radius 1 is 0.903 bits per heavy atom. The van der Waals surface area contributed by atoms with Crippen LogP contribution in [0.15, 0.2) is 46.2 Å². The van der Waals surface area contributed by atoms with Crippen LogP contribution in [0.25, 0.3) is 0 Å². The van der Waals surface area contributed by atoms with E-state index < -0.39 is 20.0 Å². The number of benzene rings is 2. The number of nitrogens with zero attached hydrogens (tertiary/aromatic N) is 1. The molecule has 11 heteroatoms. The van der Waals surface area contributed by atoms with E-state index in [2.05, 4.69) is 4.72 Å². The van der Waals surface area contributed by atoms with Crippen molar-refractivity contribution in [1.82, 2.24) is 4.31 Å². The first-order valence-corrected chi connectivity index (χ1v) is 12.7. The summed E-state index contributed by atoms with van der Waals surface area (Å²) in [5, 5.41) is 0. The molecule has 0 saturated carbocycles. The van der Waals surface area contributed by atoms with Crippen LogP contribution in [0.3, 0.4) is 0 Å². The number of hydrogen-bond acceptors (Lipinski definition) is 7.